The Morgan fingerprint density at radius 1 is 0.323 bits per heavy atom. The van der Waals surface area contributed by atoms with Crippen molar-refractivity contribution in [3.8, 4) is 55.9 Å². The fourth-order valence-corrected chi connectivity index (χ4v) is 15.2. The summed E-state index contributed by atoms with van der Waals surface area (Å²) in [5, 5.41) is 2.42. The third-order valence-corrected chi connectivity index (χ3v) is 19.7. The number of para-hydroxylation sites is 2. The number of nitrogens with zero attached hydrogens (tertiary/aromatic N) is 4. The molecule has 0 N–H and O–H groups in total. The lowest BCUT2D eigenvalue weighted by molar-refractivity contribution is 0.411. The Morgan fingerprint density at radius 2 is 0.719 bits per heavy atom. The van der Waals surface area contributed by atoms with E-state index in [4.69, 9.17) is 2.74 Å². The first-order valence-electron chi connectivity index (χ1n) is 37.5. The number of anilines is 6. The van der Waals surface area contributed by atoms with E-state index >= 15 is 0 Å². The van der Waals surface area contributed by atoms with Crippen LogP contribution in [0.3, 0.4) is 0 Å². The lowest BCUT2D eigenvalue weighted by atomic mass is 9.33. The average molecular weight is 1250 g/mol. The lowest BCUT2D eigenvalue weighted by Gasteiger charge is -2.45. The van der Waals surface area contributed by atoms with E-state index in [-0.39, 0.29) is 64.6 Å². The Hall–Kier alpha value is -10.9. The predicted molar refractivity (Wildman–Crippen MR) is 411 cm³/mol. The van der Waals surface area contributed by atoms with E-state index in [1.807, 2.05) is 0 Å². The number of aromatic nitrogens is 2. The summed E-state index contributed by atoms with van der Waals surface area (Å²) in [6.07, 6.45) is 0.699. The number of fused-ring (bicyclic) bond motifs is 10. The molecular weight excluding hydrogens is 1160 g/mol. The third-order valence-electron chi connectivity index (χ3n) is 19.7. The standard InChI is InChI=1S/C91H77BN4/c1-89(2,3)58-59-50-86-88-87(51-59)96(83-53-65(61-28-16-11-17-29-61)39-45-71(83)63-32-20-13-21-33-63)85-57-69(94-79-37-25-23-35-73(79)75-55-67(91(7,8)9)41-49-81(75)94)43-47-77(85)92(88)76-46-42-68(93-78-36-24-22-34-72(78)74-54-66(90(4,5)6)40-48-80(74)93)56-84(76)95(86)82-52-64(60-26-14-10-15-27-60)38-44-70(82)62-30-18-12-19-31-62/h10-57H,58H2,1-9H3/i22D,23D,24D,25D,34D,35D,36D,37D. The zero-order valence-electron chi connectivity index (χ0n) is 63.7. The van der Waals surface area contributed by atoms with Crippen molar-refractivity contribution < 1.29 is 11.0 Å². The van der Waals surface area contributed by atoms with Gasteiger partial charge < -0.3 is 18.9 Å². The van der Waals surface area contributed by atoms with Crippen LogP contribution in [-0.4, -0.2) is 15.8 Å². The highest BCUT2D eigenvalue weighted by atomic mass is 15.2. The normalized spacial score (nSPS) is 14.2. The summed E-state index contributed by atoms with van der Waals surface area (Å²) < 4.78 is 80.0. The van der Waals surface area contributed by atoms with E-state index in [2.05, 4.69) is 324 Å². The maximum Gasteiger partial charge on any atom is 0.252 e. The molecule has 2 aliphatic rings. The van der Waals surface area contributed by atoms with Gasteiger partial charge >= 0.3 is 0 Å². The molecule has 4 heterocycles. The van der Waals surface area contributed by atoms with Crippen LogP contribution in [0, 0.1) is 5.41 Å². The maximum absolute atomic E-state index is 9.87. The van der Waals surface area contributed by atoms with Gasteiger partial charge in [-0.25, -0.2) is 0 Å². The molecule has 464 valence electrons. The summed E-state index contributed by atoms with van der Waals surface area (Å²) in [6.45, 7) is 19.4. The molecule has 5 heteroatoms. The van der Waals surface area contributed by atoms with E-state index < -0.39 is 6.71 Å². The minimum Gasteiger partial charge on any atom is -0.311 e. The van der Waals surface area contributed by atoms with Crippen LogP contribution in [0.1, 0.15) is 90.0 Å². The molecule has 0 bridgehead atoms. The monoisotopic (exact) mass is 1240 g/mol. The van der Waals surface area contributed by atoms with Crippen LogP contribution >= 0.6 is 0 Å². The van der Waals surface area contributed by atoms with Gasteiger partial charge in [-0.05, 0) is 174 Å². The Bertz CT molecular complexity index is 5710. The second-order valence-electron chi connectivity index (χ2n) is 29.4. The van der Waals surface area contributed by atoms with Gasteiger partial charge in [-0.15, -0.1) is 0 Å². The summed E-state index contributed by atoms with van der Waals surface area (Å²) in [7, 11) is 0. The molecule has 0 fully saturated rings. The smallest absolute Gasteiger partial charge is 0.252 e. The van der Waals surface area contributed by atoms with Crippen LogP contribution in [0.2, 0.25) is 0 Å². The van der Waals surface area contributed by atoms with Crippen molar-refractivity contribution in [2.75, 3.05) is 9.80 Å². The van der Waals surface area contributed by atoms with Crippen LogP contribution in [0.5, 0.6) is 0 Å². The Kier molecular flexibility index (Phi) is 11.8. The molecule has 0 aliphatic carbocycles. The molecule has 2 aromatic heterocycles. The third kappa shape index (κ3) is 9.89. The van der Waals surface area contributed by atoms with Crippen molar-refractivity contribution in [2.24, 2.45) is 5.41 Å². The Labute approximate surface area is 576 Å². The topological polar surface area (TPSA) is 16.3 Å². The van der Waals surface area contributed by atoms with Gasteiger partial charge in [0.15, 0.2) is 0 Å². The molecule has 17 rings (SSSR count). The van der Waals surface area contributed by atoms with Crippen LogP contribution in [0.4, 0.5) is 34.1 Å². The van der Waals surface area contributed by atoms with E-state index in [9.17, 15) is 8.22 Å². The predicted octanol–water partition coefficient (Wildman–Crippen LogP) is 22.8. The largest absolute Gasteiger partial charge is 0.311 e. The zero-order valence-corrected chi connectivity index (χ0v) is 55.7. The highest BCUT2D eigenvalue weighted by molar-refractivity contribution is 7.00. The van der Waals surface area contributed by atoms with Gasteiger partial charge in [-0.1, -0.05) is 268 Å². The van der Waals surface area contributed by atoms with E-state index in [1.165, 1.54) is 0 Å². The van der Waals surface area contributed by atoms with Gasteiger partial charge in [0.05, 0.1) is 44.4 Å². The molecule has 96 heavy (non-hydrogen) atoms. The molecule has 0 atom stereocenters. The quantitative estimate of drug-likeness (QED) is 0.134. The van der Waals surface area contributed by atoms with Crippen LogP contribution in [0.25, 0.3) is 99.5 Å². The number of hydrogen-bond acceptors (Lipinski definition) is 2. The second-order valence-corrected chi connectivity index (χ2v) is 29.4. The van der Waals surface area contributed by atoms with Crippen LogP contribution < -0.4 is 26.2 Å². The first-order valence-corrected chi connectivity index (χ1v) is 33.5. The minimum atomic E-state index is -0.450. The minimum absolute atomic E-state index is 0.0863. The van der Waals surface area contributed by atoms with Crippen molar-refractivity contribution in [2.45, 2.75) is 79.6 Å². The molecule has 4 nitrogen and oxygen atoms in total. The summed E-state index contributed by atoms with van der Waals surface area (Å²) in [4.78, 5) is 4.98. The number of benzene rings is 13. The van der Waals surface area contributed by atoms with Crippen molar-refractivity contribution in [1.29, 1.82) is 0 Å². The van der Waals surface area contributed by atoms with Gasteiger partial charge in [-0.3, -0.25) is 0 Å². The molecule has 0 saturated heterocycles. The van der Waals surface area contributed by atoms with Crippen LogP contribution in [-0.2, 0) is 17.3 Å². The zero-order chi connectivity index (χ0) is 72.3. The highest BCUT2D eigenvalue weighted by Crippen LogP contribution is 2.52. The van der Waals surface area contributed by atoms with E-state index in [1.54, 1.807) is 0 Å². The summed E-state index contributed by atoms with van der Waals surface area (Å²) >= 11 is 0. The summed E-state index contributed by atoms with van der Waals surface area (Å²) in [5.41, 5.74) is 23.2. The van der Waals surface area contributed by atoms with Gasteiger partial charge in [0, 0.05) is 66.8 Å². The SMILES string of the molecule is [2H]c1c([2H])c([2H])c2c(c1[2H])c1cc(C(C)(C)C)ccc1n2-c1ccc2c(c1)N(c1cc(-c3ccccc3)ccc1-c1ccccc1)c1cc(CC(C)(C)C)cc3c1B2c1ccc(-n2c4ccc(C(C)(C)C)cc4c4c([2H])c([2H])c([2H])c([2H])c42)cc1N3c1cc(-c2ccccc2)ccc1-c1ccccc1. The summed E-state index contributed by atoms with van der Waals surface area (Å²) in [6, 6.07) is 85.2. The summed E-state index contributed by atoms with van der Waals surface area (Å²) in [5.74, 6) is 0. The molecule has 0 radical (unpaired) electrons. The molecule has 0 amide bonds. The van der Waals surface area contributed by atoms with E-state index in [0.29, 0.717) is 28.2 Å². The van der Waals surface area contributed by atoms with Crippen molar-refractivity contribution in [1.82, 2.24) is 9.13 Å². The lowest BCUT2D eigenvalue weighted by Crippen LogP contribution is -2.61. The van der Waals surface area contributed by atoms with Gasteiger partial charge in [0.25, 0.3) is 6.71 Å². The maximum atomic E-state index is 9.87. The fourth-order valence-electron chi connectivity index (χ4n) is 15.2. The van der Waals surface area contributed by atoms with Crippen molar-refractivity contribution >= 4 is 101 Å². The van der Waals surface area contributed by atoms with Gasteiger partial charge in [0.2, 0.25) is 0 Å². The first-order chi connectivity index (χ1) is 49.8. The van der Waals surface area contributed by atoms with Gasteiger partial charge in [-0.2, -0.15) is 0 Å². The molecule has 0 spiro atoms. The molecule has 13 aromatic carbocycles. The van der Waals surface area contributed by atoms with E-state index in [0.717, 1.165) is 145 Å². The Balaban J connectivity index is 1.04. The molecule has 2 aliphatic heterocycles. The number of hydrogen-bond donors (Lipinski definition) is 0. The molecule has 0 unspecified atom stereocenters. The van der Waals surface area contributed by atoms with Crippen molar-refractivity contribution in [3.05, 3.63) is 308 Å². The second kappa shape index (κ2) is 22.4. The first kappa shape index (κ1) is 50.6. The Morgan fingerprint density at radius 3 is 1.11 bits per heavy atom. The molecule has 0 saturated carbocycles. The molecule has 15 aromatic rings. The number of rotatable bonds is 9. The molecular formula is C91H77BN4. The highest BCUT2D eigenvalue weighted by Gasteiger charge is 2.45. The fraction of sp³-hybridized carbons (Fsp3) is 0.143. The average Bonchev–Trinajstić information content (AvgIpc) is 0.966. The van der Waals surface area contributed by atoms with Crippen molar-refractivity contribution in [3.63, 3.8) is 0 Å². The van der Waals surface area contributed by atoms with Crippen LogP contribution in [0.15, 0.2) is 291 Å². The van der Waals surface area contributed by atoms with Gasteiger partial charge in [0.1, 0.15) is 0 Å².